The van der Waals surface area contributed by atoms with Gasteiger partial charge in [-0.25, -0.2) is 4.79 Å². The second-order valence-corrected chi connectivity index (χ2v) is 23.0. The number of carbonyl (C=O) groups is 2. The molecule has 0 aromatic rings. The molecule has 8 rings (SSSR count). The Hall–Kier alpha value is -1.84. The van der Waals surface area contributed by atoms with Crippen molar-refractivity contribution in [3.63, 3.8) is 0 Å². The van der Waals surface area contributed by atoms with Crippen LogP contribution in [-0.4, -0.2) is 157 Å². The van der Waals surface area contributed by atoms with Gasteiger partial charge in [0, 0.05) is 0 Å². The van der Waals surface area contributed by atoms with E-state index in [2.05, 4.69) is 54.5 Å². The maximum atomic E-state index is 13.2. The summed E-state index contributed by atoms with van der Waals surface area (Å²) in [6.07, 6.45) is -13.6. The normalized spacial score (nSPS) is 53.4. The van der Waals surface area contributed by atoms with Crippen molar-refractivity contribution in [2.75, 3.05) is 6.61 Å². The number of fused-ring (bicyclic) bond motifs is 7. The summed E-state index contributed by atoms with van der Waals surface area (Å²) in [5.74, 6) is -1.85. The zero-order valence-electron chi connectivity index (χ0n) is 38.5. The fourth-order valence-corrected chi connectivity index (χ4v) is 14.8. The van der Waals surface area contributed by atoms with Crippen molar-refractivity contribution in [1.82, 2.24) is 0 Å². The van der Waals surface area contributed by atoms with Crippen LogP contribution in [0.2, 0.25) is 0 Å². The number of carboxylic acids is 2. The first-order valence-electron chi connectivity index (χ1n) is 23.6. The number of carboxylic acid groups (broad SMARTS) is 2. The second-order valence-electron chi connectivity index (χ2n) is 23.0. The molecule has 8 aliphatic rings. The Morgan fingerprint density at radius 3 is 2.00 bits per heavy atom. The average molecular weight is 911 g/mol. The Bertz CT molecular complexity index is 1810. The Labute approximate surface area is 375 Å². The lowest BCUT2D eigenvalue weighted by Crippen LogP contribution is -2.68. The Morgan fingerprint density at radius 2 is 1.33 bits per heavy atom. The maximum Gasteiger partial charge on any atom is 0.335 e. The van der Waals surface area contributed by atoms with E-state index < -0.39 is 121 Å². The molecule has 0 aromatic carbocycles. The van der Waals surface area contributed by atoms with Gasteiger partial charge >= 0.3 is 11.9 Å². The third-order valence-corrected chi connectivity index (χ3v) is 18.9. The molecule has 3 saturated heterocycles. The summed E-state index contributed by atoms with van der Waals surface area (Å²) in [4.78, 5) is 25.9. The largest absolute Gasteiger partial charge is 0.481 e. The van der Waals surface area contributed by atoms with Crippen molar-refractivity contribution in [1.29, 1.82) is 0 Å². The highest BCUT2D eigenvalue weighted by molar-refractivity contribution is 5.76. The third-order valence-electron chi connectivity index (χ3n) is 18.9. The molecule has 0 unspecified atom stereocenters. The molecule has 9 N–H and O–H groups in total. The van der Waals surface area contributed by atoms with Crippen molar-refractivity contribution < 1.29 is 84.0 Å². The zero-order valence-corrected chi connectivity index (χ0v) is 38.5. The molecule has 0 amide bonds. The number of rotatable bonds is 8. The summed E-state index contributed by atoms with van der Waals surface area (Å²) in [6, 6.07) is 0. The van der Waals surface area contributed by atoms with Crippen molar-refractivity contribution >= 4 is 11.9 Å². The molecule has 0 aromatic heterocycles. The van der Waals surface area contributed by atoms with Crippen LogP contribution in [0, 0.1) is 50.2 Å². The van der Waals surface area contributed by atoms with Gasteiger partial charge < -0.3 is 74.4 Å². The number of aliphatic hydroxyl groups excluding tert-OH is 7. The first-order chi connectivity index (χ1) is 29.7. The van der Waals surface area contributed by atoms with Gasteiger partial charge in [-0.1, -0.05) is 60.1 Å². The molecule has 0 radical (unpaired) electrons. The van der Waals surface area contributed by atoms with E-state index in [0.29, 0.717) is 19.3 Å². The highest BCUT2D eigenvalue weighted by atomic mass is 16.8. The Balaban J connectivity index is 1.09. The molecular weight excluding hydrogens is 837 g/mol. The SMILES string of the molecule is C[C@@H]1O[C@@H](O[C@H]2[C@H](O)[C@@H](C(=O)O)O[C@@H](O[C@H]3CC[C@@]4(C)[C@H](CC[C@]5(C)[C@@H]4CC=C4[C@@H]6CC(C)(C)CC[C@]6(C(=O)O)CC[C@]45C)C3(C)C)[C@@H]2O[C@@H]2OC[C@@H](O)[C@H](O)[C@H]2O)[C@H](O)[C@H](O)[C@H]1O. The summed E-state index contributed by atoms with van der Waals surface area (Å²) in [7, 11) is 0. The van der Waals surface area contributed by atoms with Gasteiger partial charge in [0.15, 0.2) is 25.0 Å². The molecule has 64 heavy (non-hydrogen) atoms. The highest BCUT2D eigenvalue weighted by Crippen LogP contribution is 2.76. The van der Waals surface area contributed by atoms with Crippen LogP contribution in [-0.2, 0) is 38.0 Å². The lowest BCUT2D eigenvalue weighted by Gasteiger charge is -2.71. The number of aliphatic carboxylic acids is 2. The van der Waals surface area contributed by atoms with Gasteiger partial charge in [-0.05, 0) is 116 Å². The quantitative estimate of drug-likeness (QED) is 0.125. The number of ether oxygens (including phenoxy) is 6. The van der Waals surface area contributed by atoms with Crippen LogP contribution in [0.25, 0.3) is 0 Å². The van der Waals surface area contributed by atoms with E-state index in [-0.39, 0.29) is 39.4 Å². The molecule has 3 aliphatic heterocycles. The summed E-state index contributed by atoms with van der Waals surface area (Å²) in [5, 5.41) is 96.4. The van der Waals surface area contributed by atoms with Gasteiger partial charge in [-0.15, -0.1) is 0 Å². The third kappa shape index (κ3) is 7.45. The molecule has 0 bridgehead atoms. The lowest BCUT2D eigenvalue weighted by molar-refractivity contribution is -0.390. The van der Waals surface area contributed by atoms with Crippen LogP contribution < -0.4 is 0 Å². The maximum absolute atomic E-state index is 13.2. The summed E-state index contributed by atoms with van der Waals surface area (Å²) in [6.45, 7) is 17.1. The van der Waals surface area contributed by atoms with Gasteiger partial charge in [-0.2, -0.15) is 0 Å². The molecule has 4 saturated carbocycles. The molecule has 17 nitrogen and oxygen atoms in total. The van der Waals surface area contributed by atoms with Crippen molar-refractivity contribution in [2.24, 2.45) is 50.2 Å². The van der Waals surface area contributed by atoms with Crippen molar-refractivity contribution in [2.45, 2.75) is 212 Å². The predicted molar refractivity (Wildman–Crippen MR) is 224 cm³/mol. The average Bonchev–Trinajstić information content (AvgIpc) is 3.21. The van der Waals surface area contributed by atoms with E-state index in [9.17, 15) is 55.5 Å². The van der Waals surface area contributed by atoms with E-state index >= 15 is 0 Å². The van der Waals surface area contributed by atoms with Crippen LogP contribution in [0.1, 0.15) is 120 Å². The van der Waals surface area contributed by atoms with Crippen molar-refractivity contribution in [3.05, 3.63) is 11.6 Å². The Kier molecular flexibility index (Phi) is 12.7. The molecule has 17 heteroatoms. The molecular formula is C47H74O17. The van der Waals surface area contributed by atoms with Gasteiger partial charge in [0.1, 0.15) is 54.9 Å². The fourth-order valence-electron chi connectivity index (χ4n) is 14.8. The van der Waals surface area contributed by atoms with Crippen LogP contribution in [0.3, 0.4) is 0 Å². The van der Waals surface area contributed by atoms with E-state index in [1.807, 2.05) is 0 Å². The minimum Gasteiger partial charge on any atom is -0.481 e. The van der Waals surface area contributed by atoms with E-state index in [4.69, 9.17) is 28.4 Å². The molecule has 7 fully saturated rings. The van der Waals surface area contributed by atoms with Crippen molar-refractivity contribution in [3.8, 4) is 0 Å². The van der Waals surface area contributed by atoms with E-state index in [1.165, 1.54) is 12.5 Å². The number of aliphatic hydroxyl groups is 7. The minimum absolute atomic E-state index is 0.00977. The monoisotopic (exact) mass is 910 g/mol. The van der Waals surface area contributed by atoms with Gasteiger partial charge in [0.25, 0.3) is 0 Å². The van der Waals surface area contributed by atoms with Crippen LogP contribution in [0.15, 0.2) is 11.6 Å². The smallest absolute Gasteiger partial charge is 0.335 e. The number of hydrogen-bond donors (Lipinski definition) is 9. The van der Waals surface area contributed by atoms with Gasteiger partial charge in [0.2, 0.25) is 0 Å². The molecule has 5 aliphatic carbocycles. The van der Waals surface area contributed by atoms with E-state index in [1.54, 1.807) is 0 Å². The topological polar surface area (TPSA) is 272 Å². The summed E-state index contributed by atoms with van der Waals surface area (Å²) < 4.78 is 36.5. The minimum atomic E-state index is -2.00. The zero-order chi connectivity index (χ0) is 46.9. The predicted octanol–water partition coefficient (Wildman–Crippen LogP) is 2.47. The molecule has 0 spiro atoms. The summed E-state index contributed by atoms with van der Waals surface area (Å²) >= 11 is 0. The number of hydrogen-bond acceptors (Lipinski definition) is 15. The van der Waals surface area contributed by atoms with Crippen LogP contribution >= 0.6 is 0 Å². The van der Waals surface area contributed by atoms with Crippen LogP contribution in [0.4, 0.5) is 0 Å². The molecule has 22 atom stereocenters. The second kappa shape index (κ2) is 16.7. The van der Waals surface area contributed by atoms with Crippen LogP contribution in [0.5, 0.6) is 0 Å². The van der Waals surface area contributed by atoms with E-state index in [0.717, 1.165) is 44.9 Å². The number of allylic oxidation sites excluding steroid dienone is 2. The first kappa shape index (κ1) is 48.6. The Morgan fingerprint density at radius 1 is 0.672 bits per heavy atom. The van der Waals surface area contributed by atoms with Gasteiger partial charge in [-0.3, -0.25) is 4.79 Å². The summed E-state index contributed by atoms with van der Waals surface area (Å²) in [5.41, 5.74) is -0.358. The molecule has 3 heterocycles. The lowest BCUT2D eigenvalue weighted by atomic mass is 9.33. The first-order valence-corrected chi connectivity index (χ1v) is 23.6. The molecule has 364 valence electrons. The standard InChI is InChI=1S/C47H74O17/c1-21-28(49)30(51)32(53)39(60-21)62-34-33(54)35(37(55)56)63-40(36(34)64-38-31(52)29(50)24(48)20-59-38)61-27-12-13-44(6)25(43(27,4)5)11-14-46(8)26(44)10-9-22-23-19-42(2,3)15-17-47(23,41(57)58)18-16-45(22,46)7/h9,21,23-36,38-40,48-54H,10-20H2,1-8H3,(H,55,56)(H,57,58)/t21-,23-,24+,25+,26+,27-,28-,29-,30+,31+,32+,33-,34-,35-,36+,38-,39-,40+,44-,45+,46+,47-/m0/s1. The fraction of sp³-hybridized carbons (Fsp3) is 0.915. The van der Waals surface area contributed by atoms with Gasteiger partial charge in [0.05, 0.1) is 24.2 Å². The highest BCUT2D eigenvalue weighted by Gasteiger charge is 2.70.